The minimum atomic E-state index is -0.399. The lowest BCUT2D eigenvalue weighted by molar-refractivity contribution is -0.122. The zero-order chi connectivity index (χ0) is 18.4. The number of halogens is 1. The van der Waals surface area contributed by atoms with E-state index in [1.165, 1.54) is 6.20 Å². The molecule has 132 valence electrons. The third kappa shape index (κ3) is 5.19. The maximum Gasteiger partial charge on any atom is 0.257 e. The number of nitrogens with zero attached hydrogens (tertiary/aromatic N) is 1. The van der Waals surface area contributed by atoms with Crippen LogP contribution in [0.15, 0.2) is 42.6 Å². The first kappa shape index (κ1) is 18.7. The lowest BCUT2D eigenvalue weighted by atomic mass is 10.0. The fraction of sp³-hybridized carbons (Fsp3) is 0.278. The molecule has 25 heavy (non-hydrogen) atoms. The number of rotatable bonds is 6. The first-order valence-electron chi connectivity index (χ1n) is 7.92. The Hall–Kier alpha value is -2.60. The summed E-state index contributed by atoms with van der Waals surface area (Å²) < 4.78 is 0. The first-order chi connectivity index (χ1) is 11.9. The van der Waals surface area contributed by atoms with Crippen LogP contribution in [0.1, 0.15) is 24.2 Å². The van der Waals surface area contributed by atoms with E-state index >= 15 is 0 Å². The van der Waals surface area contributed by atoms with Crippen molar-refractivity contribution in [1.29, 1.82) is 0 Å². The van der Waals surface area contributed by atoms with Gasteiger partial charge in [0.15, 0.2) is 0 Å². The van der Waals surface area contributed by atoms with Gasteiger partial charge in [-0.15, -0.1) is 0 Å². The zero-order valence-corrected chi connectivity index (χ0v) is 15.1. The molecule has 0 bridgehead atoms. The van der Waals surface area contributed by atoms with Gasteiger partial charge in [-0.25, -0.2) is 4.98 Å². The highest BCUT2D eigenvalue weighted by Gasteiger charge is 2.21. The molecule has 3 N–H and O–H groups in total. The maximum absolute atomic E-state index is 12.2. The number of hydrogen-bond acceptors (Lipinski definition) is 4. The van der Waals surface area contributed by atoms with E-state index in [0.717, 1.165) is 0 Å². The second kappa shape index (κ2) is 8.48. The van der Waals surface area contributed by atoms with Crippen LogP contribution < -0.4 is 16.0 Å². The summed E-state index contributed by atoms with van der Waals surface area (Å²) in [5.74, 6) is 0.224. The van der Waals surface area contributed by atoms with Gasteiger partial charge in [-0.1, -0.05) is 31.5 Å². The number of anilines is 2. The van der Waals surface area contributed by atoms with E-state index < -0.39 is 6.04 Å². The Morgan fingerprint density at radius 2 is 1.92 bits per heavy atom. The minimum Gasteiger partial charge on any atom is -0.358 e. The average Bonchev–Trinajstić information content (AvgIpc) is 2.59. The topological polar surface area (TPSA) is 83.1 Å². The summed E-state index contributed by atoms with van der Waals surface area (Å²) in [4.78, 5) is 28.4. The molecule has 1 aromatic heterocycles. The number of carbonyl (C=O) groups is 2. The summed E-state index contributed by atoms with van der Waals surface area (Å²) in [6, 6.07) is 9.83. The van der Waals surface area contributed by atoms with E-state index in [-0.39, 0.29) is 17.7 Å². The van der Waals surface area contributed by atoms with Crippen LogP contribution in [0.5, 0.6) is 0 Å². The summed E-state index contributed by atoms with van der Waals surface area (Å²) in [5.41, 5.74) is 1.02. The van der Waals surface area contributed by atoms with E-state index in [0.29, 0.717) is 22.1 Å². The molecule has 1 heterocycles. The van der Waals surface area contributed by atoms with Gasteiger partial charge < -0.3 is 16.0 Å². The van der Waals surface area contributed by atoms with Gasteiger partial charge in [0, 0.05) is 24.0 Å². The van der Waals surface area contributed by atoms with Crippen molar-refractivity contribution in [2.24, 2.45) is 5.92 Å². The number of likely N-dealkylation sites (N-methyl/N-ethyl adjacent to an activating group) is 1. The number of hydrogen-bond donors (Lipinski definition) is 3. The van der Waals surface area contributed by atoms with E-state index in [9.17, 15) is 9.59 Å². The monoisotopic (exact) mass is 360 g/mol. The van der Waals surface area contributed by atoms with E-state index in [4.69, 9.17) is 11.6 Å². The predicted octanol–water partition coefficient (Wildman–Crippen LogP) is 3.17. The van der Waals surface area contributed by atoms with Crippen LogP contribution in [0.25, 0.3) is 0 Å². The summed E-state index contributed by atoms with van der Waals surface area (Å²) in [7, 11) is 1.59. The van der Waals surface area contributed by atoms with Gasteiger partial charge >= 0.3 is 0 Å². The largest absolute Gasteiger partial charge is 0.358 e. The molecule has 0 radical (unpaired) electrons. The molecule has 6 nitrogen and oxygen atoms in total. The first-order valence-corrected chi connectivity index (χ1v) is 8.29. The molecular weight excluding hydrogens is 340 g/mol. The van der Waals surface area contributed by atoms with E-state index in [2.05, 4.69) is 20.9 Å². The number of pyridine rings is 1. The summed E-state index contributed by atoms with van der Waals surface area (Å²) in [6.45, 7) is 3.89. The van der Waals surface area contributed by atoms with Crippen molar-refractivity contribution in [1.82, 2.24) is 10.3 Å². The summed E-state index contributed by atoms with van der Waals surface area (Å²) in [5, 5.41) is 9.01. The highest BCUT2D eigenvalue weighted by molar-refractivity contribution is 6.30. The second-order valence-electron chi connectivity index (χ2n) is 5.88. The number of amides is 2. The SMILES string of the molecule is CNC(=O)C(Nc1ccc(C(=O)Nc2cccc(Cl)c2)cn1)C(C)C. The van der Waals surface area contributed by atoms with Crippen LogP contribution in [-0.4, -0.2) is 29.9 Å². The van der Waals surface area contributed by atoms with Crippen molar-refractivity contribution < 1.29 is 9.59 Å². The quantitative estimate of drug-likeness (QED) is 0.738. The fourth-order valence-corrected chi connectivity index (χ4v) is 2.42. The van der Waals surface area contributed by atoms with Crippen LogP contribution in [0.4, 0.5) is 11.5 Å². The summed E-state index contributed by atoms with van der Waals surface area (Å²) >= 11 is 5.90. The highest BCUT2D eigenvalue weighted by atomic mass is 35.5. The molecule has 7 heteroatoms. The number of nitrogens with one attached hydrogen (secondary N) is 3. The fourth-order valence-electron chi connectivity index (χ4n) is 2.23. The molecule has 0 aliphatic carbocycles. The Kier molecular flexibility index (Phi) is 6.36. The third-order valence-corrected chi connectivity index (χ3v) is 3.84. The molecule has 0 aliphatic heterocycles. The van der Waals surface area contributed by atoms with Crippen molar-refractivity contribution in [2.45, 2.75) is 19.9 Å². The smallest absolute Gasteiger partial charge is 0.257 e. The second-order valence-corrected chi connectivity index (χ2v) is 6.31. The predicted molar refractivity (Wildman–Crippen MR) is 100.0 cm³/mol. The van der Waals surface area contributed by atoms with Crippen LogP contribution in [0.2, 0.25) is 5.02 Å². The molecule has 0 spiro atoms. The van der Waals surface area contributed by atoms with Crippen molar-refractivity contribution in [3.63, 3.8) is 0 Å². The molecule has 0 aliphatic rings. The minimum absolute atomic E-state index is 0.0903. The van der Waals surface area contributed by atoms with Gasteiger partial charge in [0.2, 0.25) is 5.91 Å². The molecule has 1 atom stereocenters. The van der Waals surface area contributed by atoms with E-state index in [1.807, 2.05) is 13.8 Å². The molecule has 0 saturated heterocycles. The van der Waals surface area contributed by atoms with Gasteiger partial charge in [0.25, 0.3) is 5.91 Å². The standard InChI is InChI=1S/C18H21ClN4O2/c1-11(2)16(18(25)20-3)23-15-8-7-12(10-21-15)17(24)22-14-6-4-5-13(19)9-14/h4-11,16H,1-3H3,(H,20,25)(H,21,23)(H,22,24). The van der Waals surface area contributed by atoms with Gasteiger partial charge in [-0.3, -0.25) is 9.59 Å². The molecule has 1 unspecified atom stereocenters. The maximum atomic E-state index is 12.2. The Morgan fingerprint density at radius 1 is 1.16 bits per heavy atom. The van der Waals surface area contributed by atoms with Crippen LogP contribution in [0, 0.1) is 5.92 Å². The Morgan fingerprint density at radius 3 is 2.48 bits per heavy atom. The number of benzene rings is 1. The lowest BCUT2D eigenvalue weighted by Crippen LogP contribution is -2.41. The molecule has 2 aromatic rings. The highest BCUT2D eigenvalue weighted by Crippen LogP contribution is 2.16. The molecule has 0 fully saturated rings. The number of aromatic nitrogens is 1. The van der Waals surface area contributed by atoms with Gasteiger partial charge in [-0.2, -0.15) is 0 Å². The Bertz CT molecular complexity index is 747. The normalized spacial score (nSPS) is 11.7. The van der Waals surface area contributed by atoms with Crippen molar-refractivity contribution in [3.05, 3.63) is 53.2 Å². The molecule has 2 rings (SSSR count). The number of carbonyl (C=O) groups excluding carboxylic acids is 2. The molecule has 0 saturated carbocycles. The van der Waals surface area contributed by atoms with Crippen molar-refractivity contribution in [3.8, 4) is 0 Å². The van der Waals surface area contributed by atoms with Crippen LogP contribution >= 0.6 is 11.6 Å². The van der Waals surface area contributed by atoms with Crippen molar-refractivity contribution in [2.75, 3.05) is 17.7 Å². The molecular formula is C18H21ClN4O2. The zero-order valence-electron chi connectivity index (χ0n) is 14.3. The lowest BCUT2D eigenvalue weighted by Gasteiger charge is -2.21. The third-order valence-electron chi connectivity index (χ3n) is 3.61. The average molecular weight is 361 g/mol. The molecule has 2 amide bonds. The van der Waals surface area contributed by atoms with Crippen LogP contribution in [-0.2, 0) is 4.79 Å². The Labute approximate surface area is 152 Å². The van der Waals surface area contributed by atoms with Crippen molar-refractivity contribution >= 4 is 34.9 Å². The van der Waals surface area contributed by atoms with Crippen LogP contribution in [0.3, 0.4) is 0 Å². The molecule has 1 aromatic carbocycles. The van der Waals surface area contributed by atoms with Gasteiger partial charge in [0.05, 0.1) is 5.56 Å². The van der Waals surface area contributed by atoms with Gasteiger partial charge in [0.1, 0.15) is 11.9 Å². The van der Waals surface area contributed by atoms with Gasteiger partial charge in [-0.05, 0) is 36.2 Å². The van der Waals surface area contributed by atoms with E-state index in [1.54, 1.807) is 43.4 Å². The summed E-state index contributed by atoms with van der Waals surface area (Å²) in [6.07, 6.45) is 1.46. The Balaban J connectivity index is 2.06.